The van der Waals surface area contributed by atoms with Crippen LogP contribution in [0.25, 0.3) is 0 Å². The molecule has 0 fully saturated rings. The Morgan fingerprint density at radius 3 is 2.79 bits per heavy atom. The van der Waals surface area contributed by atoms with Crippen LogP contribution < -0.4 is 9.64 Å². The lowest BCUT2D eigenvalue weighted by Gasteiger charge is -2.33. The molecule has 1 unspecified atom stereocenters. The second kappa shape index (κ2) is 6.48. The van der Waals surface area contributed by atoms with E-state index in [9.17, 15) is 0 Å². The summed E-state index contributed by atoms with van der Waals surface area (Å²) in [5.41, 5.74) is 4.36. The highest BCUT2D eigenvalue weighted by atomic mass is 16.5. The molecule has 3 heterocycles. The van der Waals surface area contributed by atoms with Crippen LogP contribution in [0.4, 0.5) is 5.69 Å². The van der Waals surface area contributed by atoms with Crippen LogP contribution in [-0.2, 0) is 0 Å². The largest absolute Gasteiger partial charge is 0.495 e. The van der Waals surface area contributed by atoms with Gasteiger partial charge < -0.3 is 9.64 Å². The van der Waals surface area contributed by atoms with Crippen LogP contribution in [0.5, 0.6) is 5.75 Å². The molecule has 0 radical (unpaired) electrons. The zero-order valence-corrected chi connectivity index (χ0v) is 13.9. The molecule has 0 aliphatic carbocycles. The Balaban J connectivity index is 1.68. The van der Waals surface area contributed by atoms with Crippen molar-refractivity contribution in [1.82, 2.24) is 4.98 Å². The third-order valence-electron chi connectivity index (χ3n) is 4.77. The van der Waals surface area contributed by atoms with E-state index in [0.717, 1.165) is 48.6 Å². The summed E-state index contributed by atoms with van der Waals surface area (Å²) in [6.07, 6.45) is 7.31. The first kappa shape index (κ1) is 14.9. The minimum atomic E-state index is 0.559. The van der Waals surface area contributed by atoms with Crippen molar-refractivity contribution in [3.8, 4) is 5.75 Å². The van der Waals surface area contributed by atoms with Crippen LogP contribution in [0.2, 0.25) is 0 Å². The van der Waals surface area contributed by atoms with Crippen molar-refractivity contribution < 1.29 is 4.74 Å². The molecule has 2 aromatic rings. The number of fused-ring (bicyclic) bond motifs is 1. The third kappa shape index (κ3) is 2.80. The van der Waals surface area contributed by atoms with Crippen LogP contribution in [0.3, 0.4) is 0 Å². The molecule has 122 valence electrons. The van der Waals surface area contributed by atoms with Crippen molar-refractivity contribution in [1.29, 1.82) is 0 Å². The number of allylic oxidation sites excluding steroid dienone is 1. The molecule has 0 saturated carbocycles. The summed E-state index contributed by atoms with van der Waals surface area (Å²) in [5.74, 6) is 1.46. The number of rotatable bonds is 3. The number of nitrogens with zero attached hydrogens (tertiary/aromatic N) is 3. The van der Waals surface area contributed by atoms with E-state index in [1.807, 2.05) is 42.6 Å². The van der Waals surface area contributed by atoms with E-state index < -0.39 is 0 Å². The van der Waals surface area contributed by atoms with Crippen molar-refractivity contribution >= 4 is 11.4 Å². The molecule has 0 saturated heterocycles. The minimum Gasteiger partial charge on any atom is -0.495 e. The third-order valence-corrected chi connectivity index (χ3v) is 4.77. The molecule has 0 bridgehead atoms. The van der Waals surface area contributed by atoms with Gasteiger partial charge in [0.1, 0.15) is 5.75 Å². The van der Waals surface area contributed by atoms with Gasteiger partial charge in [0, 0.05) is 24.9 Å². The highest BCUT2D eigenvalue weighted by Gasteiger charge is 2.27. The number of hydrogen-bond acceptors (Lipinski definition) is 4. The lowest BCUT2D eigenvalue weighted by Crippen LogP contribution is -2.29. The number of pyridine rings is 1. The molecule has 2 aliphatic heterocycles. The van der Waals surface area contributed by atoms with Crippen LogP contribution in [0.1, 0.15) is 25.0 Å². The summed E-state index contributed by atoms with van der Waals surface area (Å²) in [6.45, 7) is 1.00. The lowest BCUT2D eigenvalue weighted by molar-refractivity contribution is 0.413. The predicted octanol–water partition coefficient (Wildman–Crippen LogP) is 4.04. The number of aromatic nitrogens is 1. The molecule has 0 spiro atoms. The normalized spacial score (nSPS) is 20.0. The Morgan fingerprint density at radius 2 is 1.96 bits per heavy atom. The fraction of sp³-hybridized carbons (Fsp3) is 0.300. The van der Waals surface area contributed by atoms with Gasteiger partial charge in [-0.2, -0.15) is 0 Å². The fourth-order valence-electron chi connectivity index (χ4n) is 3.48. The second-order valence-corrected chi connectivity index (χ2v) is 6.22. The summed E-state index contributed by atoms with van der Waals surface area (Å²) in [5, 5.41) is 0. The highest BCUT2D eigenvalue weighted by molar-refractivity contribution is 6.00. The van der Waals surface area contributed by atoms with Gasteiger partial charge in [-0.25, -0.2) is 0 Å². The Hall–Kier alpha value is -2.62. The molecule has 0 N–H and O–H groups in total. The van der Waals surface area contributed by atoms with Gasteiger partial charge in [-0.15, -0.1) is 0 Å². The molecule has 24 heavy (non-hydrogen) atoms. The van der Waals surface area contributed by atoms with E-state index in [4.69, 9.17) is 9.73 Å². The Labute approximate surface area is 142 Å². The van der Waals surface area contributed by atoms with Crippen molar-refractivity contribution in [2.75, 3.05) is 18.6 Å². The number of para-hydroxylation sites is 2. The van der Waals surface area contributed by atoms with Crippen LogP contribution in [-0.4, -0.2) is 24.4 Å². The fourth-order valence-corrected chi connectivity index (χ4v) is 3.48. The molecule has 0 amide bonds. The molecular formula is C20H21N3O. The first-order valence-corrected chi connectivity index (χ1v) is 8.45. The molecule has 2 aliphatic rings. The maximum absolute atomic E-state index is 5.51. The minimum absolute atomic E-state index is 0.559. The van der Waals surface area contributed by atoms with E-state index in [0.29, 0.717) is 5.92 Å². The zero-order valence-electron chi connectivity index (χ0n) is 13.9. The Kier molecular flexibility index (Phi) is 4.03. The zero-order chi connectivity index (χ0) is 16.4. The van der Waals surface area contributed by atoms with E-state index in [2.05, 4.69) is 22.2 Å². The van der Waals surface area contributed by atoms with Crippen molar-refractivity contribution in [2.45, 2.75) is 19.3 Å². The summed E-state index contributed by atoms with van der Waals surface area (Å²) in [7, 11) is 1.72. The standard InChI is InChI=1S/C20H21N3O/c1-24-20-8-3-2-7-19(20)23-13-11-15-9-10-17(22-18(15)14-23)16-6-4-5-12-21-16/h2-8,12,14-15H,9-11,13H2,1H3. The van der Waals surface area contributed by atoms with Gasteiger partial charge in [0.2, 0.25) is 0 Å². The SMILES string of the molecule is COc1ccccc1N1C=C2N=C(c3ccccn3)CCC2CC1. The number of anilines is 1. The second-order valence-electron chi connectivity index (χ2n) is 6.22. The van der Waals surface area contributed by atoms with Gasteiger partial charge in [0.05, 0.1) is 29.9 Å². The van der Waals surface area contributed by atoms with Gasteiger partial charge in [-0.3, -0.25) is 9.98 Å². The van der Waals surface area contributed by atoms with Gasteiger partial charge in [-0.05, 0) is 43.5 Å². The Morgan fingerprint density at radius 1 is 1.08 bits per heavy atom. The van der Waals surface area contributed by atoms with Crippen LogP contribution in [0.15, 0.2) is 65.6 Å². The molecule has 1 atom stereocenters. The van der Waals surface area contributed by atoms with E-state index in [1.165, 1.54) is 5.70 Å². The van der Waals surface area contributed by atoms with Crippen molar-refractivity contribution in [3.63, 3.8) is 0 Å². The van der Waals surface area contributed by atoms with E-state index in [-0.39, 0.29) is 0 Å². The van der Waals surface area contributed by atoms with Crippen LogP contribution >= 0.6 is 0 Å². The number of aliphatic imine (C=N–C) groups is 1. The van der Waals surface area contributed by atoms with Crippen molar-refractivity contribution in [2.24, 2.45) is 10.9 Å². The molecule has 4 heteroatoms. The molecule has 1 aromatic heterocycles. The summed E-state index contributed by atoms with van der Waals surface area (Å²) in [6, 6.07) is 14.2. The van der Waals surface area contributed by atoms with Crippen molar-refractivity contribution in [3.05, 3.63) is 66.3 Å². The average Bonchev–Trinajstić information content (AvgIpc) is 2.67. The molecule has 4 rings (SSSR count). The maximum atomic E-state index is 5.51. The molecule has 4 nitrogen and oxygen atoms in total. The van der Waals surface area contributed by atoms with Gasteiger partial charge >= 0.3 is 0 Å². The van der Waals surface area contributed by atoms with E-state index in [1.54, 1.807) is 7.11 Å². The molecular weight excluding hydrogens is 298 g/mol. The lowest BCUT2D eigenvalue weighted by atomic mass is 9.88. The Bertz CT molecular complexity index is 782. The number of ether oxygens (including phenoxy) is 1. The first-order valence-electron chi connectivity index (χ1n) is 8.45. The summed E-state index contributed by atoms with van der Waals surface area (Å²) in [4.78, 5) is 11.7. The summed E-state index contributed by atoms with van der Waals surface area (Å²) >= 11 is 0. The maximum Gasteiger partial charge on any atom is 0.142 e. The number of methoxy groups -OCH3 is 1. The molecule has 1 aromatic carbocycles. The number of benzene rings is 1. The van der Waals surface area contributed by atoms with E-state index >= 15 is 0 Å². The predicted molar refractivity (Wildman–Crippen MR) is 96.5 cm³/mol. The van der Waals surface area contributed by atoms with Gasteiger partial charge in [0.25, 0.3) is 0 Å². The van der Waals surface area contributed by atoms with Gasteiger partial charge in [-0.1, -0.05) is 18.2 Å². The first-order chi connectivity index (χ1) is 11.8. The topological polar surface area (TPSA) is 37.7 Å². The summed E-state index contributed by atoms with van der Waals surface area (Å²) < 4.78 is 5.51. The highest BCUT2D eigenvalue weighted by Crippen LogP contribution is 2.36. The quantitative estimate of drug-likeness (QED) is 0.857. The van der Waals surface area contributed by atoms with Gasteiger partial charge in [0.15, 0.2) is 0 Å². The average molecular weight is 319 g/mol. The smallest absolute Gasteiger partial charge is 0.142 e. The monoisotopic (exact) mass is 319 g/mol. The van der Waals surface area contributed by atoms with Crippen LogP contribution in [0, 0.1) is 5.92 Å². The number of hydrogen-bond donors (Lipinski definition) is 0.